The number of benzene rings is 2. The van der Waals surface area contributed by atoms with Crippen molar-refractivity contribution in [2.24, 2.45) is 7.05 Å². The Hall–Kier alpha value is -4.15. The maximum Gasteiger partial charge on any atom is 0.416 e. The van der Waals surface area contributed by atoms with Gasteiger partial charge in [0, 0.05) is 47.8 Å². The molecule has 0 unspecified atom stereocenters. The van der Waals surface area contributed by atoms with E-state index in [9.17, 15) is 22.8 Å². The van der Waals surface area contributed by atoms with E-state index in [4.69, 9.17) is 23.2 Å². The number of hydrogen-bond acceptors (Lipinski definition) is 4. The van der Waals surface area contributed by atoms with Crippen molar-refractivity contribution in [1.29, 1.82) is 0 Å². The van der Waals surface area contributed by atoms with Gasteiger partial charge in [-0.3, -0.25) is 14.6 Å². The molecule has 0 atom stereocenters. The molecule has 0 radical (unpaired) electrons. The third-order valence-corrected chi connectivity index (χ3v) is 6.86. The second-order valence-corrected chi connectivity index (χ2v) is 9.57. The number of fused-ring (bicyclic) bond motifs is 1. The molecule has 0 saturated heterocycles. The SMILES string of the molecule is Cc1cn(-c2cc(C(=O)Nc3ccc(Cl)c(-c4cc5cnccc5n(C)c4=O)c3Cl)cc(C(F)(F)F)c2)cn1. The van der Waals surface area contributed by atoms with Crippen molar-refractivity contribution in [1.82, 2.24) is 19.1 Å². The van der Waals surface area contributed by atoms with Crippen LogP contribution in [0.1, 0.15) is 21.6 Å². The Bertz CT molecular complexity index is 1830. The molecule has 7 nitrogen and oxygen atoms in total. The summed E-state index contributed by atoms with van der Waals surface area (Å²) < 4.78 is 43.8. The van der Waals surface area contributed by atoms with Crippen LogP contribution < -0.4 is 10.9 Å². The third-order valence-electron chi connectivity index (χ3n) is 6.15. The molecule has 0 aliphatic heterocycles. The van der Waals surface area contributed by atoms with E-state index in [0.29, 0.717) is 16.6 Å². The summed E-state index contributed by atoms with van der Waals surface area (Å²) in [6.07, 6.45) is 1.34. The van der Waals surface area contributed by atoms with Gasteiger partial charge in [-0.15, -0.1) is 0 Å². The standard InChI is InChI=1S/C27H18Cl2F3N5O2/c1-14-12-37(13-34-14)18-8-15(7-17(10-18)27(30,31)32)25(38)35-21-4-3-20(28)23(24(21)29)19-9-16-11-33-6-5-22(16)36(2)26(19)39/h3-13H,1-2H3,(H,35,38). The summed E-state index contributed by atoms with van der Waals surface area (Å²) in [7, 11) is 1.59. The highest BCUT2D eigenvalue weighted by atomic mass is 35.5. The van der Waals surface area contributed by atoms with Gasteiger partial charge >= 0.3 is 6.18 Å². The number of anilines is 1. The van der Waals surface area contributed by atoms with Crippen molar-refractivity contribution >= 4 is 45.7 Å². The highest BCUT2D eigenvalue weighted by molar-refractivity contribution is 6.41. The van der Waals surface area contributed by atoms with E-state index >= 15 is 0 Å². The Morgan fingerprint density at radius 2 is 1.85 bits per heavy atom. The number of amides is 1. The first-order valence-corrected chi connectivity index (χ1v) is 12.2. The van der Waals surface area contributed by atoms with Gasteiger partial charge in [0.25, 0.3) is 11.5 Å². The molecule has 1 N–H and O–H groups in total. The quantitative estimate of drug-likeness (QED) is 0.261. The van der Waals surface area contributed by atoms with Gasteiger partial charge in [0.1, 0.15) is 0 Å². The zero-order chi connectivity index (χ0) is 28.1. The van der Waals surface area contributed by atoms with Gasteiger partial charge in [-0.05, 0) is 49.4 Å². The molecule has 12 heteroatoms. The molecule has 39 heavy (non-hydrogen) atoms. The lowest BCUT2D eigenvalue weighted by Crippen LogP contribution is -2.19. The van der Waals surface area contributed by atoms with Crippen molar-refractivity contribution in [3.8, 4) is 16.8 Å². The fraction of sp³-hybridized carbons (Fsp3) is 0.111. The topological polar surface area (TPSA) is 81.8 Å². The smallest absolute Gasteiger partial charge is 0.321 e. The average molecular weight is 572 g/mol. The van der Waals surface area contributed by atoms with Crippen LogP contribution in [0.2, 0.25) is 10.0 Å². The van der Waals surface area contributed by atoms with Crippen LogP contribution in [-0.4, -0.2) is 25.0 Å². The summed E-state index contributed by atoms with van der Waals surface area (Å²) in [5, 5.41) is 3.31. The van der Waals surface area contributed by atoms with Crippen molar-refractivity contribution < 1.29 is 18.0 Å². The van der Waals surface area contributed by atoms with E-state index in [2.05, 4.69) is 15.3 Å². The minimum absolute atomic E-state index is 0.0476. The number of aryl methyl sites for hydroxylation is 2. The van der Waals surface area contributed by atoms with Crippen molar-refractivity contribution in [2.75, 3.05) is 5.32 Å². The van der Waals surface area contributed by atoms with Gasteiger partial charge in [0.05, 0.1) is 44.4 Å². The predicted octanol–water partition coefficient (Wildman–Crippen LogP) is 6.67. The molecular formula is C27H18Cl2F3N5O2. The maximum atomic E-state index is 13.7. The lowest BCUT2D eigenvalue weighted by Gasteiger charge is -2.16. The van der Waals surface area contributed by atoms with E-state index < -0.39 is 17.6 Å². The van der Waals surface area contributed by atoms with Crippen LogP contribution in [0.25, 0.3) is 27.7 Å². The fourth-order valence-electron chi connectivity index (χ4n) is 4.21. The largest absolute Gasteiger partial charge is 0.416 e. The Morgan fingerprint density at radius 3 is 2.54 bits per heavy atom. The molecule has 5 aromatic rings. The molecule has 3 aromatic heterocycles. The van der Waals surface area contributed by atoms with E-state index in [-0.39, 0.29) is 43.7 Å². The van der Waals surface area contributed by atoms with Crippen LogP contribution >= 0.6 is 23.2 Å². The Labute approximate surface area is 229 Å². The molecule has 0 bridgehead atoms. The number of hydrogen-bond donors (Lipinski definition) is 1. The molecule has 1 amide bonds. The molecule has 0 saturated carbocycles. The number of carbonyl (C=O) groups is 1. The summed E-state index contributed by atoms with van der Waals surface area (Å²) in [6, 6.07) is 9.12. The molecule has 2 aromatic carbocycles. The molecule has 0 aliphatic rings. The van der Waals surface area contributed by atoms with E-state index in [1.54, 1.807) is 44.7 Å². The highest BCUT2D eigenvalue weighted by Gasteiger charge is 2.32. The number of imidazole rings is 1. The first-order chi connectivity index (χ1) is 18.4. The Balaban J connectivity index is 1.58. The number of halogens is 5. The molecule has 5 rings (SSSR count). The molecule has 0 spiro atoms. The van der Waals surface area contributed by atoms with E-state index in [1.807, 2.05) is 0 Å². The van der Waals surface area contributed by atoms with Crippen LogP contribution in [0.3, 0.4) is 0 Å². The van der Waals surface area contributed by atoms with Gasteiger partial charge in [0.2, 0.25) is 0 Å². The number of aromatic nitrogens is 4. The Kier molecular flexibility index (Phi) is 6.69. The van der Waals surface area contributed by atoms with Crippen LogP contribution in [0, 0.1) is 6.92 Å². The van der Waals surface area contributed by atoms with Gasteiger partial charge < -0.3 is 14.5 Å². The highest BCUT2D eigenvalue weighted by Crippen LogP contribution is 2.39. The minimum atomic E-state index is -4.70. The van der Waals surface area contributed by atoms with Crippen molar-refractivity contribution in [2.45, 2.75) is 13.1 Å². The number of rotatable bonds is 4. The van der Waals surface area contributed by atoms with Crippen LogP contribution in [0.4, 0.5) is 18.9 Å². The summed E-state index contributed by atoms with van der Waals surface area (Å²) in [5.74, 6) is -0.843. The lowest BCUT2D eigenvalue weighted by atomic mass is 10.0. The number of nitrogens with one attached hydrogen (secondary N) is 1. The Morgan fingerprint density at radius 1 is 1.08 bits per heavy atom. The first-order valence-electron chi connectivity index (χ1n) is 11.4. The summed E-state index contributed by atoms with van der Waals surface area (Å²) in [6.45, 7) is 1.69. The van der Waals surface area contributed by atoms with Gasteiger partial charge in [-0.2, -0.15) is 13.2 Å². The normalized spacial score (nSPS) is 11.7. The molecule has 3 heterocycles. The second-order valence-electron chi connectivity index (χ2n) is 8.78. The third kappa shape index (κ3) is 5.00. The number of alkyl halides is 3. The molecule has 198 valence electrons. The zero-order valence-electron chi connectivity index (χ0n) is 20.3. The monoisotopic (exact) mass is 571 g/mol. The van der Waals surface area contributed by atoms with Gasteiger partial charge in [-0.25, -0.2) is 4.98 Å². The lowest BCUT2D eigenvalue weighted by molar-refractivity contribution is -0.137. The second kappa shape index (κ2) is 9.87. The van der Waals surface area contributed by atoms with E-state index in [1.165, 1.54) is 33.7 Å². The summed E-state index contributed by atoms with van der Waals surface area (Å²) in [4.78, 5) is 34.5. The molecule has 0 aliphatic carbocycles. The molecular weight excluding hydrogens is 554 g/mol. The van der Waals surface area contributed by atoms with Gasteiger partial charge in [0.15, 0.2) is 0 Å². The zero-order valence-corrected chi connectivity index (χ0v) is 21.9. The predicted molar refractivity (Wildman–Crippen MR) is 144 cm³/mol. The minimum Gasteiger partial charge on any atom is -0.321 e. The molecule has 0 fully saturated rings. The number of carbonyl (C=O) groups excluding carboxylic acids is 1. The number of nitrogens with zero attached hydrogens (tertiary/aromatic N) is 4. The number of pyridine rings is 2. The summed E-state index contributed by atoms with van der Waals surface area (Å²) in [5.41, 5.74) is 0.0808. The van der Waals surface area contributed by atoms with Crippen LogP contribution in [-0.2, 0) is 13.2 Å². The fourth-order valence-corrected chi connectivity index (χ4v) is 4.83. The van der Waals surface area contributed by atoms with Crippen LogP contribution in [0.5, 0.6) is 0 Å². The van der Waals surface area contributed by atoms with Crippen LogP contribution in [0.15, 0.2) is 72.2 Å². The average Bonchev–Trinajstić information content (AvgIpc) is 3.34. The van der Waals surface area contributed by atoms with E-state index in [0.717, 1.165) is 12.1 Å². The summed E-state index contributed by atoms with van der Waals surface area (Å²) >= 11 is 13.1. The van der Waals surface area contributed by atoms with Gasteiger partial charge in [-0.1, -0.05) is 23.2 Å². The first kappa shape index (κ1) is 26.5. The van der Waals surface area contributed by atoms with Crippen molar-refractivity contribution in [3.05, 3.63) is 105 Å². The van der Waals surface area contributed by atoms with Crippen molar-refractivity contribution in [3.63, 3.8) is 0 Å². The maximum absolute atomic E-state index is 13.7.